The molecular weight excluding hydrogens is 336 g/mol. The molecule has 28 heavy (non-hydrogen) atoms. The third kappa shape index (κ3) is 1.80. The van der Waals surface area contributed by atoms with Gasteiger partial charge in [0.2, 0.25) is 0 Å². The first kappa shape index (κ1) is 17.1. The molecule has 0 heteroatoms. The summed E-state index contributed by atoms with van der Waals surface area (Å²) >= 11 is 0. The van der Waals surface area contributed by atoms with Crippen molar-refractivity contribution in [2.75, 3.05) is 0 Å². The molecule has 0 radical (unpaired) electrons. The van der Waals surface area contributed by atoms with E-state index in [0.717, 1.165) is 50.4 Å². The van der Waals surface area contributed by atoms with Gasteiger partial charge >= 0.3 is 0 Å². The van der Waals surface area contributed by atoms with Crippen molar-refractivity contribution in [3.05, 3.63) is 0 Å². The van der Waals surface area contributed by atoms with E-state index in [4.69, 9.17) is 25.7 Å². The van der Waals surface area contributed by atoms with Gasteiger partial charge in [0.1, 0.15) is 0 Å². The molecule has 0 aromatic carbocycles. The molecule has 0 heterocycles. The Morgan fingerprint density at radius 2 is 0.857 bits per heavy atom. The lowest BCUT2D eigenvalue weighted by molar-refractivity contribution is -0.243. The Bertz CT molecular complexity index is 836. The zero-order chi connectivity index (χ0) is 19.5. The molecule has 8 bridgehead atoms. The predicted molar refractivity (Wildman–Crippen MR) is 112 cm³/mol. The Morgan fingerprint density at radius 1 is 0.464 bits per heavy atom. The van der Waals surface area contributed by atoms with Crippen LogP contribution in [0.15, 0.2) is 0 Å². The lowest BCUT2D eigenvalue weighted by atomic mass is 9.27. The van der Waals surface area contributed by atoms with E-state index in [-0.39, 0.29) is 27.1 Å². The van der Waals surface area contributed by atoms with Gasteiger partial charge in [-0.3, -0.25) is 0 Å². The summed E-state index contributed by atoms with van der Waals surface area (Å²) < 4.78 is 0. The van der Waals surface area contributed by atoms with Gasteiger partial charge in [-0.2, -0.15) is 0 Å². The Kier molecular flexibility index (Phi) is 2.87. The fraction of sp³-hybridized carbons (Fsp3) is 0.714. The van der Waals surface area contributed by atoms with Crippen molar-refractivity contribution in [1.29, 1.82) is 0 Å². The van der Waals surface area contributed by atoms with Gasteiger partial charge in [-0.25, -0.2) is 0 Å². The summed E-state index contributed by atoms with van der Waals surface area (Å²) in [6.45, 7) is 0. The Morgan fingerprint density at radius 3 is 1.25 bits per heavy atom. The molecule has 0 aromatic heterocycles. The third-order valence-electron chi connectivity index (χ3n) is 10.5. The zero-order valence-corrected chi connectivity index (χ0v) is 16.9. The Labute approximate surface area is 171 Å². The smallest absolute Gasteiger partial charge is 0.0346 e. The van der Waals surface area contributed by atoms with Gasteiger partial charge in [0.05, 0.1) is 0 Å². The van der Waals surface area contributed by atoms with Crippen molar-refractivity contribution >= 4 is 0 Å². The van der Waals surface area contributed by atoms with Gasteiger partial charge in [0, 0.05) is 21.7 Å². The molecule has 8 aliphatic rings. The molecule has 8 aliphatic carbocycles. The topological polar surface area (TPSA) is 0 Å². The lowest BCUT2D eigenvalue weighted by Gasteiger charge is -2.75. The molecule has 0 amide bonds. The average molecular weight is 367 g/mol. The molecule has 0 saturated heterocycles. The highest BCUT2D eigenvalue weighted by molar-refractivity contribution is 5.36. The average Bonchev–Trinajstić information content (AvgIpc) is 2.66. The second-order valence-corrected chi connectivity index (χ2v) is 12.3. The summed E-state index contributed by atoms with van der Waals surface area (Å²) in [5.41, 5.74) is 0.355. The second kappa shape index (κ2) is 4.69. The van der Waals surface area contributed by atoms with Crippen LogP contribution in [0.5, 0.6) is 0 Å². The standard InChI is InChI=1S/C28H30/c1-5-23-10-21-9-22(11-23)13-27(12-21,17-23)28-18-24(6-2)14-25(7-3,19-28)16-26(8-4,15-24)20-28/h1-4,21-22H,9-20H2. The molecule has 0 nitrogen and oxygen atoms in total. The van der Waals surface area contributed by atoms with Crippen LogP contribution < -0.4 is 0 Å². The summed E-state index contributed by atoms with van der Waals surface area (Å²) in [6, 6.07) is 0. The molecule has 2 unspecified atom stereocenters. The van der Waals surface area contributed by atoms with Crippen molar-refractivity contribution in [1.82, 2.24) is 0 Å². The van der Waals surface area contributed by atoms with Crippen molar-refractivity contribution in [2.45, 2.75) is 77.0 Å². The highest BCUT2D eigenvalue weighted by atomic mass is 14.8. The van der Waals surface area contributed by atoms with E-state index in [1.165, 1.54) is 38.5 Å². The minimum absolute atomic E-state index is 0.0971. The molecule has 0 aliphatic heterocycles. The number of rotatable bonds is 1. The van der Waals surface area contributed by atoms with Crippen LogP contribution in [-0.2, 0) is 0 Å². The summed E-state index contributed by atoms with van der Waals surface area (Å²) in [5.74, 6) is 14.7. The fourth-order valence-corrected chi connectivity index (χ4v) is 10.7. The molecule has 2 atom stereocenters. The van der Waals surface area contributed by atoms with Crippen LogP contribution in [-0.4, -0.2) is 0 Å². The number of terminal acetylenes is 4. The van der Waals surface area contributed by atoms with E-state index in [9.17, 15) is 0 Å². The van der Waals surface area contributed by atoms with Crippen LogP contribution in [0, 0.1) is 93.7 Å². The van der Waals surface area contributed by atoms with Gasteiger partial charge in [0.25, 0.3) is 0 Å². The van der Waals surface area contributed by atoms with E-state index in [2.05, 4.69) is 23.7 Å². The third-order valence-corrected chi connectivity index (χ3v) is 10.5. The van der Waals surface area contributed by atoms with Crippen LogP contribution >= 0.6 is 0 Å². The van der Waals surface area contributed by atoms with Gasteiger partial charge in [-0.05, 0) is 99.7 Å². The van der Waals surface area contributed by atoms with E-state index in [1.54, 1.807) is 0 Å². The number of hydrogen-bond donors (Lipinski definition) is 0. The normalized spacial score (nSPS) is 59.9. The second-order valence-electron chi connectivity index (χ2n) is 12.3. The van der Waals surface area contributed by atoms with Crippen LogP contribution in [0.1, 0.15) is 77.0 Å². The first-order valence-electron chi connectivity index (χ1n) is 11.2. The maximum atomic E-state index is 6.24. The first-order chi connectivity index (χ1) is 13.3. The van der Waals surface area contributed by atoms with Crippen molar-refractivity contribution in [3.8, 4) is 49.4 Å². The summed E-state index contributed by atoms with van der Waals surface area (Å²) in [5, 5.41) is 0. The molecule has 0 aromatic rings. The predicted octanol–water partition coefficient (Wildman–Crippen LogP) is 5.43. The highest BCUT2D eigenvalue weighted by Gasteiger charge is 2.74. The largest absolute Gasteiger partial charge is 0.120 e. The van der Waals surface area contributed by atoms with E-state index < -0.39 is 0 Å². The van der Waals surface area contributed by atoms with Gasteiger partial charge < -0.3 is 0 Å². The minimum atomic E-state index is -0.0971. The molecule has 8 fully saturated rings. The summed E-state index contributed by atoms with van der Waals surface area (Å²) in [6.07, 6.45) is 39.1. The van der Waals surface area contributed by atoms with Crippen LogP contribution in [0.3, 0.4) is 0 Å². The molecule has 0 N–H and O–H groups in total. The Hall–Kier alpha value is -1.76. The van der Waals surface area contributed by atoms with E-state index in [1.807, 2.05) is 0 Å². The molecular formula is C28H30. The molecule has 8 rings (SSSR count). The monoisotopic (exact) mass is 366 g/mol. The molecule has 8 saturated carbocycles. The maximum Gasteiger partial charge on any atom is 0.0346 e. The van der Waals surface area contributed by atoms with Gasteiger partial charge in [-0.1, -0.05) is 23.7 Å². The van der Waals surface area contributed by atoms with E-state index in [0.29, 0.717) is 5.41 Å². The van der Waals surface area contributed by atoms with Crippen LogP contribution in [0.25, 0.3) is 0 Å². The SMILES string of the molecule is C#CC12CC3CC(C1)CC(C14CC5(C#C)CC(C#C)(CC(C#C)(C5)C1)C4)(C3)C2. The van der Waals surface area contributed by atoms with Crippen LogP contribution in [0.4, 0.5) is 0 Å². The van der Waals surface area contributed by atoms with Crippen molar-refractivity contribution in [2.24, 2.45) is 44.3 Å². The maximum absolute atomic E-state index is 6.24. The summed E-state index contributed by atoms with van der Waals surface area (Å²) in [7, 11) is 0. The summed E-state index contributed by atoms with van der Waals surface area (Å²) in [4.78, 5) is 0. The Balaban J connectivity index is 1.54. The van der Waals surface area contributed by atoms with Crippen molar-refractivity contribution < 1.29 is 0 Å². The van der Waals surface area contributed by atoms with Gasteiger partial charge in [-0.15, -0.1) is 25.7 Å². The molecule has 0 spiro atoms. The minimum Gasteiger partial charge on any atom is -0.120 e. The van der Waals surface area contributed by atoms with Gasteiger partial charge in [0.15, 0.2) is 0 Å². The zero-order valence-electron chi connectivity index (χ0n) is 16.9. The lowest BCUT2D eigenvalue weighted by Crippen LogP contribution is -2.68. The molecule has 142 valence electrons. The van der Waals surface area contributed by atoms with Crippen LogP contribution in [0.2, 0.25) is 0 Å². The fourth-order valence-electron chi connectivity index (χ4n) is 10.7. The first-order valence-corrected chi connectivity index (χ1v) is 11.2. The van der Waals surface area contributed by atoms with E-state index >= 15 is 0 Å². The highest BCUT2D eigenvalue weighted by Crippen LogP contribution is 2.82. The van der Waals surface area contributed by atoms with Crippen molar-refractivity contribution in [3.63, 3.8) is 0 Å². The quantitative estimate of drug-likeness (QED) is 0.543. The number of hydrogen-bond acceptors (Lipinski definition) is 0.